The van der Waals surface area contributed by atoms with Gasteiger partial charge in [0.05, 0.1) is 47.4 Å². The fourth-order valence-corrected chi connectivity index (χ4v) is 6.87. The minimum Gasteiger partial charge on any atom is -0.378 e. The highest BCUT2D eigenvalue weighted by Crippen LogP contribution is 2.34. The number of sulfonamides is 1. The number of nitrogens with one attached hydrogen (secondary N) is 3. The summed E-state index contributed by atoms with van der Waals surface area (Å²) in [4.78, 5) is 15.4. The summed E-state index contributed by atoms with van der Waals surface area (Å²) in [7, 11) is -3.14. The van der Waals surface area contributed by atoms with E-state index in [0.29, 0.717) is 51.9 Å². The van der Waals surface area contributed by atoms with Crippen LogP contribution in [0.5, 0.6) is 0 Å². The van der Waals surface area contributed by atoms with Gasteiger partial charge in [0.15, 0.2) is 5.82 Å². The first-order chi connectivity index (χ1) is 18.4. The van der Waals surface area contributed by atoms with Crippen LogP contribution in [0.3, 0.4) is 0 Å². The van der Waals surface area contributed by atoms with Crippen LogP contribution in [0.2, 0.25) is 0 Å². The van der Waals surface area contributed by atoms with Crippen molar-refractivity contribution in [2.75, 3.05) is 69.1 Å². The molecule has 0 unspecified atom stereocenters. The lowest BCUT2D eigenvalue weighted by molar-refractivity contribution is 0.122. The van der Waals surface area contributed by atoms with Crippen molar-refractivity contribution >= 4 is 54.2 Å². The molecule has 0 atom stereocenters. The fraction of sp³-hybridized carbons (Fsp3) is 0.458. The number of aromatic nitrogens is 4. The highest BCUT2D eigenvalue weighted by Gasteiger charge is 2.25. The number of ether oxygens (including phenoxy) is 1. The van der Waals surface area contributed by atoms with Crippen LogP contribution in [-0.2, 0) is 27.8 Å². The Balaban J connectivity index is 1.20. The first-order valence-corrected chi connectivity index (χ1v) is 15.3. The van der Waals surface area contributed by atoms with E-state index in [1.54, 1.807) is 15.6 Å². The van der Waals surface area contributed by atoms with Gasteiger partial charge in [0.1, 0.15) is 0 Å². The number of fused-ring (bicyclic) bond motifs is 2. The van der Waals surface area contributed by atoms with Gasteiger partial charge in [0.25, 0.3) is 0 Å². The van der Waals surface area contributed by atoms with Gasteiger partial charge in [-0.15, -0.1) is 11.3 Å². The van der Waals surface area contributed by atoms with Gasteiger partial charge in [-0.05, 0) is 12.1 Å². The Morgan fingerprint density at radius 3 is 2.63 bits per heavy atom. The number of para-hydroxylation sites is 1. The molecule has 0 bridgehead atoms. The van der Waals surface area contributed by atoms with Crippen LogP contribution < -0.4 is 15.8 Å². The molecular weight excluding hydrogens is 526 g/mol. The van der Waals surface area contributed by atoms with E-state index in [4.69, 9.17) is 14.7 Å². The maximum atomic E-state index is 11.9. The van der Waals surface area contributed by atoms with Crippen molar-refractivity contribution in [2.45, 2.75) is 13.1 Å². The van der Waals surface area contributed by atoms with Crippen LogP contribution >= 0.6 is 11.3 Å². The summed E-state index contributed by atoms with van der Waals surface area (Å²) in [5.74, 6) is 1.42. The quantitative estimate of drug-likeness (QED) is 0.275. The summed E-state index contributed by atoms with van der Waals surface area (Å²) in [5.41, 5.74) is 9.22. The summed E-state index contributed by atoms with van der Waals surface area (Å²) in [6.07, 6.45) is 1.28. The molecule has 4 aromatic rings. The molecule has 0 amide bonds. The highest BCUT2D eigenvalue weighted by molar-refractivity contribution is 7.88. The Labute approximate surface area is 225 Å². The van der Waals surface area contributed by atoms with E-state index in [2.05, 4.69) is 36.9 Å². The monoisotopic (exact) mass is 557 g/mol. The van der Waals surface area contributed by atoms with Crippen LogP contribution in [0, 0.1) is 0 Å². The molecule has 3 aromatic heterocycles. The summed E-state index contributed by atoms with van der Waals surface area (Å²) in [6, 6.07) is 10.1. The van der Waals surface area contributed by atoms with Gasteiger partial charge in [0.2, 0.25) is 16.0 Å². The lowest BCUT2D eigenvalue weighted by atomic mass is 10.2. The minimum absolute atomic E-state index is 0.508. The number of anilines is 2. The second-order valence-corrected chi connectivity index (χ2v) is 12.7. The van der Waals surface area contributed by atoms with E-state index in [9.17, 15) is 8.42 Å². The van der Waals surface area contributed by atoms with Crippen LogP contribution in [0.1, 0.15) is 10.6 Å². The highest BCUT2D eigenvalue weighted by atomic mass is 32.2. The van der Waals surface area contributed by atoms with E-state index >= 15 is 0 Å². The normalized spacial score (nSPS) is 18.0. The number of benzene rings is 1. The summed E-state index contributed by atoms with van der Waals surface area (Å²) in [5, 5.41) is 8.52. The Morgan fingerprint density at radius 1 is 1.05 bits per heavy atom. The molecule has 14 heteroatoms. The van der Waals surface area contributed by atoms with Crippen LogP contribution in [0.4, 0.5) is 11.8 Å². The van der Waals surface area contributed by atoms with E-state index in [-0.39, 0.29) is 0 Å². The molecule has 1 aromatic carbocycles. The molecule has 38 heavy (non-hydrogen) atoms. The van der Waals surface area contributed by atoms with E-state index in [0.717, 1.165) is 52.3 Å². The molecule has 2 aliphatic heterocycles. The van der Waals surface area contributed by atoms with Crippen molar-refractivity contribution in [2.24, 2.45) is 0 Å². The average Bonchev–Trinajstić information content (AvgIpc) is 3.52. The fourth-order valence-electron chi connectivity index (χ4n) is 4.89. The minimum atomic E-state index is -3.14. The molecular formula is C24H31N9O3S2. The zero-order valence-corrected chi connectivity index (χ0v) is 22.8. The average molecular weight is 558 g/mol. The van der Waals surface area contributed by atoms with Crippen molar-refractivity contribution in [1.82, 2.24) is 34.8 Å². The predicted octanol–water partition coefficient (Wildman–Crippen LogP) is 1.60. The Bertz CT molecular complexity index is 1520. The molecule has 202 valence electrons. The van der Waals surface area contributed by atoms with Crippen LogP contribution in [-0.4, -0.2) is 96.5 Å². The number of rotatable bonds is 8. The van der Waals surface area contributed by atoms with Crippen LogP contribution in [0.25, 0.3) is 21.1 Å². The van der Waals surface area contributed by atoms with Gasteiger partial charge in [-0.25, -0.2) is 18.8 Å². The standard InChI is InChI=1S/C24H31N9O3S2/c1-38(34,35)33-8-6-31(7-9-33)16-17-14-20-22(37-17)23(32-10-12-36-13-11-32)27-24(26-20)30-25-15-21-18-4-2-3-5-19(18)28-29-21/h2-5,14,25H,6-13,15-16H2,1H3,(H,28,29)(H,26,27,30). The summed E-state index contributed by atoms with van der Waals surface area (Å²) < 4.78 is 31.9. The molecule has 12 nitrogen and oxygen atoms in total. The van der Waals surface area contributed by atoms with E-state index in [1.807, 2.05) is 24.3 Å². The van der Waals surface area contributed by atoms with Gasteiger partial charge < -0.3 is 9.64 Å². The molecule has 2 aliphatic rings. The molecule has 0 radical (unpaired) electrons. The van der Waals surface area contributed by atoms with Crippen molar-refractivity contribution < 1.29 is 13.2 Å². The smallest absolute Gasteiger partial charge is 0.239 e. The third-order valence-corrected chi connectivity index (χ3v) is 9.31. The number of hydrogen-bond acceptors (Lipinski definition) is 11. The number of nitrogens with zero attached hydrogens (tertiary/aromatic N) is 6. The number of thiophene rings is 1. The van der Waals surface area contributed by atoms with Crippen molar-refractivity contribution in [3.8, 4) is 0 Å². The Morgan fingerprint density at radius 2 is 1.84 bits per heavy atom. The first kappa shape index (κ1) is 25.4. The third-order valence-electron chi connectivity index (χ3n) is 6.90. The van der Waals surface area contributed by atoms with Crippen molar-refractivity contribution in [3.05, 3.63) is 40.9 Å². The number of piperazine rings is 1. The van der Waals surface area contributed by atoms with Crippen LogP contribution in [0.15, 0.2) is 30.3 Å². The van der Waals surface area contributed by atoms with Crippen molar-refractivity contribution in [1.29, 1.82) is 0 Å². The second-order valence-electron chi connectivity index (χ2n) is 9.53. The maximum Gasteiger partial charge on any atom is 0.239 e. The molecule has 5 heterocycles. The summed E-state index contributed by atoms with van der Waals surface area (Å²) in [6.45, 7) is 6.65. The lowest BCUT2D eigenvalue weighted by Gasteiger charge is -2.32. The molecule has 6 rings (SSSR count). The Kier molecular flexibility index (Phi) is 7.16. The molecule has 0 aliphatic carbocycles. The SMILES string of the molecule is CS(=O)(=O)N1CCN(Cc2cc3nc(NNCc4[nH]nc5ccccc45)nc(N4CCOCC4)c3s2)CC1. The Hall–Kier alpha value is -2.88. The number of H-pyrrole nitrogens is 1. The zero-order chi connectivity index (χ0) is 26.1. The molecule has 2 saturated heterocycles. The second kappa shape index (κ2) is 10.7. The van der Waals surface area contributed by atoms with Gasteiger partial charge in [0, 0.05) is 56.1 Å². The van der Waals surface area contributed by atoms with Crippen molar-refractivity contribution in [3.63, 3.8) is 0 Å². The lowest BCUT2D eigenvalue weighted by Crippen LogP contribution is -2.47. The topological polar surface area (TPSA) is 132 Å². The number of aromatic amines is 1. The number of hydrazine groups is 1. The predicted molar refractivity (Wildman–Crippen MR) is 149 cm³/mol. The molecule has 3 N–H and O–H groups in total. The zero-order valence-electron chi connectivity index (χ0n) is 21.2. The van der Waals surface area contributed by atoms with Gasteiger partial charge >= 0.3 is 0 Å². The first-order valence-electron chi connectivity index (χ1n) is 12.7. The molecule has 2 fully saturated rings. The number of hydrogen-bond donors (Lipinski definition) is 3. The summed E-state index contributed by atoms with van der Waals surface area (Å²) >= 11 is 1.71. The van der Waals surface area contributed by atoms with Gasteiger partial charge in [-0.3, -0.25) is 15.4 Å². The molecule has 0 spiro atoms. The van der Waals surface area contributed by atoms with E-state index < -0.39 is 10.0 Å². The van der Waals surface area contributed by atoms with Gasteiger partial charge in [-0.2, -0.15) is 14.4 Å². The largest absolute Gasteiger partial charge is 0.378 e. The molecule has 0 saturated carbocycles. The third kappa shape index (κ3) is 5.46. The maximum absolute atomic E-state index is 11.9. The number of morpholine rings is 1. The van der Waals surface area contributed by atoms with Gasteiger partial charge in [-0.1, -0.05) is 18.2 Å². The van der Waals surface area contributed by atoms with E-state index in [1.165, 1.54) is 11.1 Å².